The molecule has 1 heterocycles. The van der Waals surface area contributed by atoms with Gasteiger partial charge in [-0.1, -0.05) is 56.3 Å². The third-order valence-electron chi connectivity index (χ3n) is 6.36. The molecular formula is C31H33NO4. The summed E-state index contributed by atoms with van der Waals surface area (Å²) in [4.78, 5) is 24.3. The monoisotopic (exact) mass is 483 g/mol. The topological polar surface area (TPSA) is 68.5 Å². The van der Waals surface area contributed by atoms with E-state index in [1.807, 2.05) is 49.5 Å². The molecule has 4 rings (SSSR count). The molecular weight excluding hydrogens is 450 g/mol. The van der Waals surface area contributed by atoms with Crippen LogP contribution in [0.5, 0.6) is 5.75 Å². The van der Waals surface area contributed by atoms with Crippen LogP contribution in [0.3, 0.4) is 0 Å². The van der Waals surface area contributed by atoms with Crippen LogP contribution in [0.4, 0.5) is 0 Å². The number of para-hydroxylation sites is 1. The number of aliphatic carboxylic acids is 1. The highest BCUT2D eigenvalue weighted by molar-refractivity contribution is 6.03. The highest BCUT2D eigenvalue weighted by atomic mass is 16.5. The van der Waals surface area contributed by atoms with E-state index in [1.165, 1.54) is 5.56 Å². The lowest BCUT2D eigenvalue weighted by molar-refractivity contribution is -0.137. The first-order valence-electron chi connectivity index (χ1n) is 12.5. The van der Waals surface area contributed by atoms with Gasteiger partial charge in [0.2, 0.25) is 0 Å². The van der Waals surface area contributed by atoms with Gasteiger partial charge in [0.15, 0.2) is 0 Å². The van der Waals surface area contributed by atoms with Crippen LogP contribution >= 0.6 is 0 Å². The maximum absolute atomic E-state index is 13.3. The molecule has 0 aliphatic carbocycles. The van der Waals surface area contributed by atoms with Gasteiger partial charge in [-0.25, -0.2) is 0 Å². The van der Waals surface area contributed by atoms with Crippen LogP contribution in [-0.4, -0.2) is 21.6 Å². The molecule has 1 N–H and O–H groups in total. The summed E-state index contributed by atoms with van der Waals surface area (Å²) in [6.45, 7) is 6.46. The van der Waals surface area contributed by atoms with E-state index in [4.69, 9.17) is 9.84 Å². The lowest BCUT2D eigenvalue weighted by Crippen LogP contribution is -2.11. The fourth-order valence-electron chi connectivity index (χ4n) is 4.53. The number of fused-ring (bicyclic) bond motifs is 1. The van der Waals surface area contributed by atoms with Crippen LogP contribution in [0.2, 0.25) is 0 Å². The van der Waals surface area contributed by atoms with Gasteiger partial charge in [0, 0.05) is 23.6 Å². The summed E-state index contributed by atoms with van der Waals surface area (Å²) in [5.74, 6) is 0.390. The molecule has 0 aliphatic rings. The zero-order chi connectivity index (χ0) is 25.7. The van der Waals surface area contributed by atoms with E-state index in [9.17, 15) is 9.59 Å². The SMILES string of the molecule is CC(C)Cc1ccc(C(C)Oc2ccc(C(=O)n3cc(CCCC(=O)O)c4ccccc43)cc2)cc1. The van der Waals surface area contributed by atoms with Crippen LogP contribution < -0.4 is 4.74 Å². The van der Waals surface area contributed by atoms with Crippen molar-refractivity contribution in [3.8, 4) is 5.75 Å². The average molecular weight is 484 g/mol. The van der Waals surface area contributed by atoms with Crippen molar-refractivity contribution in [2.45, 2.75) is 52.6 Å². The van der Waals surface area contributed by atoms with Gasteiger partial charge in [0.05, 0.1) is 5.52 Å². The fraction of sp³-hybridized carbons (Fsp3) is 0.290. The minimum atomic E-state index is -0.811. The van der Waals surface area contributed by atoms with Gasteiger partial charge < -0.3 is 9.84 Å². The van der Waals surface area contributed by atoms with Gasteiger partial charge >= 0.3 is 5.97 Å². The predicted octanol–water partition coefficient (Wildman–Crippen LogP) is 7.08. The fourth-order valence-corrected chi connectivity index (χ4v) is 4.53. The Morgan fingerprint density at radius 1 is 0.917 bits per heavy atom. The Kier molecular flexibility index (Phi) is 7.89. The highest BCUT2D eigenvalue weighted by Gasteiger charge is 2.16. The van der Waals surface area contributed by atoms with Gasteiger partial charge in [-0.2, -0.15) is 0 Å². The predicted molar refractivity (Wildman–Crippen MR) is 143 cm³/mol. The molecule has 0 saturated carbocycles. The molecule has 5 heteroatoms. The summed E-state index contributed by atoms with van der Waals surface area (Å²) in [5, 5.41) is 9.93. The molecule has 0 radical (unpaired) electrons. The van der Waals surface area contributed by atoms with E-state index in [0.29, 0.717) is 30.1 Å². The van der Waals surface area contributed by atoms with Gasteiger partial charge in [-0.15, -0.1) is 0 Å². The number of rotatable bonds is 10. The largest absolute Gasteiger partial charge is 0.486 e. The summed E-state index contributed by atoms with van der Waals surface area (Å²) in [6, 6.07) is 23.5. The quantitative estimate of drug-likeness (QED) is 0.262. The summed E-state index contributed by atoms with van der Waals surface area (Å²) in [6.07, 6.45) is 4.03. The zero-order valence-corrected chi connectivity index (χ0v) is 21.1. The summed E-state index contributed by atoms with van der Waals surface area (Å²) in [5.41, 5.74) is 4.80. The number of hydrogen-bond acceptors (Lipinski definition) is 3. The second-order valence-electron chi connectivity index (χ2n) is 9.72. The number of ether oxygens (including phenoxy) is 1. The standard InChI is InChI=1S/C31H33NO4/c1-21(2)19-23-11-13-24(14-12-23)22(3)36-27-17-15-25(16-18-27)31(35)32-20-26(7-6-10-30(33)34)28-8-4-5-9-29(28)32/h4-5,8-9,11-18,20-22H,6-7,10,19H2,1-3H3,(H,33,34). The first-order valence-corrected chi connectivity index (χ1v) is 12.5. The number of carboxylic acids is 1. The maximum Gasteiger partial charge on any atom is 0.303 e. The van der Waals surface area contributed by atoms with Crippen molar-refractivity contribution in [1.29, 1.82) is 0 Å². The molecule has 4 aromatic rings. The number of carbonyl (C=O) groups is 2. The Balaban J connectivity index is 1.47. The van der Waals surface area contributed by atoms with Crippen molar-refractivity contribution in [3.05, 3.63) is 101 Å². The van der Waals surface area contributed by atoms with E-state index in [1.54, 1.807) is 16.7 Å². The lowest BCUT2D eigenvalue weighted by atomic mass is 10.0. The van der Waals surface area contributed by atoms with E-state index in [2.05, 4.69) is 38.1 Å². The Morgan fingerprint density at radius 3 is 2.28 bits per heavy atom. The minimum absolute atomic E-state index is 0.107. The average Bonchev–Trinajstić information content (AvgIpc) is 3.22. The van der Waals surface area contributed by atoms with Crippen LogP contribution in [0.15, 0.2) is 79.0 Å². The van der Waals surface area contributed by atoms with Crippen molar-refractivity contribution in [1.82, 2.24) is 4.57 Å². The lowest BCUT2D eigenvalue weighted by Gasteiger charge is -2.16. The Labute approximate surface area is 212 Å². The smallest absolute Gasteiger partial charge is 0.303 e. The second-order valence-corrected chi connectivity index (χ2v) is 9.72. The molecule has 0 fully saturated rings. The number of carbonyl (C=O) groups excluding carboxylic acids is 1. The van der Waals surface area contributed by atoms with Crippen molar-refractivity contribution in [2.75, 3.05) is 0 Å². The van der Waals surface area contributed by atoms with Crippen LogP contribution in [0, 0.1) is 5.92 Å². The maximum atomic E-state index is 13.3. The Hall–Kier alpha value is -3.86. The van der Waals surface area contributed by atoms with Crippen molar-refractivity contribution in [3.63, 3.8) is 0 Å². The molecule has 5 nitrogen and oxygen atoms in total. The van der Waals surface area contributed by atoms with Gasteiger partial charge in [-0.3, -0.25) is 14.2 Å². The first kappa shape index (κ1) is 25.2. The van der Waals surface area contributed by atoms with Crippen LogP contribution in [-0.2, 0) is 17.6 Å². The summed E-state index contributed by atoms with van der Waals surface area (Å²) >= 11 is 0. The van der Waals surface area contributed by atoms with E-state index >= 15 is 0 Å². The number of aromatic nitrogens is 1. The van der Waals surface area contributed by atoms with Gasteiger partial charge in [0.1, 0.15) is 11.9 Å². The molecule has 3 aromatic carbocycles. The number of hydrogen-bond donors (Lipinski definition) is 1. The first-order chi connectivity index (χ1) is 17.3. The number of carboxylic acid groups (broad SMARTS) is 1. The van der Waals surface area contributed by atoms with Gasteiger partial charge in [0.25, 0.3) is 5.91 Å². The van der Waals surface area contributed by atoms with E-state index in [0.717, 1.165) is 28.5 Å². The summed E-state index contributed by atoms with van der Waals surface area (Å²) in [7, 11) is 0. The molecule has 1 aromatic heterocycles. The van der Waals surface area contributed by atoms with E-state index < -0.39 is 5.97 Å². The van der Waals surface area contributed by atoms with Crippen molar-refractivity contribution >= 4 is 22.8 Å². The third-order valence-corrected chi connectivity index (χ3v) is 6.36. The normalized spacial score (nSPS) is 12.1. The molecule has 0 saturated heterocycles. The van der Waals surface area contributed by atoms with Crippen LogP contribution in [0.1, 0.15) is 66.8 Å². The number of benzene rings is 3. The molecule has 0 amide bonds. The highest BCUT2D eigenvalue weighted by Crippen LogP contribution is 2.26. The van der Waals surface area contributed by atoms with Gasteiger partial charge in [-0.05, 0) is 79.1 Å². The van der Waals surface area contributed by atoms with E-state index in [-0.39, 0.29) is 18.4 Å². The minimum Gasteiger partial charge on any atom is -0.486 e. The number of nitrogens with zero attached hydrogens (tertiary/aromatic N) is 1. The van der Waals surface area contributed by atoms with Crippen molar-refractivity contribution in [2.24, 2.45) is 5.92 Å². The molecule has 0 aliphatic heterocycles. The van der Waals surface area contributed by atoms with Crippen LogP contribution in [0.25, 0.3) is 10.9 Å². The molecule has 0 bridgehead atoms. The molecule has 1 atom stereocenters. The van der Waals surface area contributed by atoms with Crippen molar-refractivity contribution < 1.29 is 19.4 Å². The molecule has 186 valence electrons. The summed E-state index contributed by atoms with van der Waals surface area (Å²) < 4.78 is 7.79. The Bertz CT molecular complexity index is 1330. The molecule has 0 spiro atoms. The molecule has 1 unspecified atom stereocenters. The Morgan fingerprint density at radius 2 is 1.61 bits per heavy atom. The second kappa shape index (κ2) is 11.3. The number of aryl methyl sites for hydroxylation is 1. The molecule has 36 heavy (non-hydrogen) atoms. The third kappa shape index (κ3) is 6.03. The zero-order valence-electron chi connectivity index (χ0n) is 21.1.